The van der Waals surface area contributed by atoms with Crippen LogP contribution in [0.5, 0.6) is 0 Å². The number of nitrogens with zero attached hydrogens (tertiary/aromatic N) is 2. The average Bonchev–Trinajstić information content (AvgIpc) is 2.66. The number of sulfonamides is 1. The van der Waals surface area contributed by atoms with E-state index in [4.69, 9.17) is 5.14 Å². The molecule has 16 heavy (non-hydrogen) atoms. The molecule has 0 saturated heterocycles. The molecule has 0 amide bonds. The van der Waals surface area contributed by atoms with Gasteiger partial charge in [0.1, 0.15) is 16.4 Å². The Balaban J connectivity index is 2.58. The fraction of sp³-hybridized carbons (Fsp3) is 0. The van der Waals surface area contributed by atoms with E-state index < -0.39 is 15.8 Å². The fourth-order valence-electron chi connectivity index (χ4n) is 1.20. The third-order valence-electron chi connectivity index (χ3n) is 1.89. The van der Waals surface area contributed by atoms with Gasteiger partial charge < -0.3 is 0 Å². The molecule has 0 fully saturated rings. The minimum atomic E-state index is -3.88. The summed E-state index contributed by atoms with van der Waals surface area (Å²) >= 11 is 0. The predicted molar refractivity (Wildman–Crippen MR) is 53.1 cm³/mol. The van der Waals surface area contributed by atoms with Crippen molar-refractivity contribution in [2.75, 3.05) is 0 Å². The molecule has 0 aromatic carbocycles. The first-order valence-electron chi connectivity index (χ1n) is 4.16. The van der Waals surface area contributed by atoms with Crippen molar-refractivity contribution in [1.29, 1.82) is 0 Å². The molecule has 84 valence electrons. The number of nitrogens with two attached hydrogens (primary N) is 1. The third-order valence-corrected chi connectivity index (χ3v) is 2.82. The second-order valence-electron chi connectivity index (χ2n) is 3.02. The van der Waals surface area contributed by atoms with E-state index in [1.807, 2.05) is 0 Å². The van der Waals surface area contributed by atoms with Gasteiger partial charge in [-0.05, 0) is 12.1 Å². The van der Waals surface area contributed by atoms with Gasteiger partial charge in [-0.1, -0.05) is 0 Å². The van der Waals surface area contributed by atoms with Crippen LogP contribution in [-0.2, 0) is 10.0 Å². The van der Waals surface area contributed by atoms with Crippen molar-refractivity contribution in [2.45, 2.75) is 4.90 Å². The summed E-state index contributed by atoms with van der Waals surface area (Å²) in [7, 11) is -3.88. The predicted octanol–water partition coefficient (Wildman–Crippen LogP) is 0.258. The van der Waals surface area contributed by atoms with E-state index in [1.54, 1.807) is 0 Å². The highest BCUT2D eigenvalue weighted by Gasteiger charge is 2.18. The molecule has 0 bridgehead atoms. The van der Waals surface area contributed by atoms with Crippen molar-refractivity contribution < 1.29 is 12.8 Å². The fourth-order valence-corrected chi connectivity index (χ4v) is 1.83. The molecule has 0 radical (unpaired) electrons. The number of hydrogen-bond acceptors (Lipinski definition) is 4. The van der Waals surface area contributed by atoms with Crippen molar-refractivity contribution in [3.63, 3.8) is 0 Å². The first kappa shape index (κ1) is 10.7. The SMILES string of the molecule is NS(=O)(=O)c1cn[nH]c1-c1ccc(F)cn1. The Morgan fingerprint density at radius 3 is 2.62 bits per heavy atom. The molecule has 2 aromatic heterocycles. The van der Waals surface area contributed by atoms with Crippen LogP contribution >= 0.6 is 0 Å². The molecule has 0 unspecified atom stereocenters. The van der Waals surface area contributed by atoms with Crippen LogP contribution in [0.15, 0.2) is 29.4 Å². The summed E-state index contributed by atoms with van der Waals surface area (Å²) < 4.78 is 35.0. The standard InChI is InChI=1S/C8H7FN4O2S/c9-5-1-2-6(11-3-5)8-7(4-12-13-8)16(10,14)15/h1-4H,(H,12,13)(H2,10,14,15). The monoisotopic (exact) mass is 242 g/mol. The second kappa shape index (κ2) is 3.65. The number of rotatable bonds is 2. The number of H-pyrrole nitrogens is 1. The Kier molecular flexibility index (Phi) is 2.44. The Bertz CT molecular complexity index is 605. The van der Waals surface area contributed by atoms with Crippen molar-refractivity contribution in [2.24, 2.45) is 5.14 Å². The van der Waals surface area contributed by atoms with Gasteiger partial charge in [-0.15, -0.1) is 0 Å². The normalized spacial score (nSPS) is 11.6. The first-order chi connectivity index (χ1) is 7.48. The molecule has 0 aliphatic rings. The van der Waals surface area contributed by atoms with Crippen LogP contribution in [0, 0.1) is 5.82 Å². The smallest absolute Gasteiger partial charge is 0.241 e. The summed E-state index contributed by atoms with van der Waals surface area (Å²) in [5, 5.41) is 11.0. The molecule has 0 saturated carbocycles. The minimum absolute atomic E-state index is 0.141. The number of aromatic amines is 1. The van der Waals surface area contributed by atoms with E-state index in [0.717, 1.165) is 18.5 Å². The van der Waals surface area contributed by atoms with Gasteiger partial charge in [0.25, 0.3) is 0 Å². The zero-order valence-corrected chi connectivity index (χ0v) is 8.70. The number of pyridine rings is 1. The molecule has 0 aliphatic carbocycles. The van der Waals surface area contributed by atoms with Gasteiger partial charge in [0.15, 0.2) is 0 Å². The van der Waals surface area contributed by atoms with Crippen LogP contribution < -0.4 is 5.14 Å². The van der Waals surface area contributed by atoms with Crippen LogP contribution in [0.3, 0.4) is 0 Å². The highest BCUT2D eigenvalue weighted by Crippen LogP contribution is 2.21. The van der Waals surface area contributed by atoms with Crippen molar-refractivity contribution in [3.05, 3.63) is 30.3 Å². The maximum Gasteiger partial charge on any atom is 0.241 e. The number of nitrogens with one attached hydrogen (secondary N) is 1. The summed E-state index contributed by atoms with van der Waals surface area (Å²) in [6.45, 7) is 0. The lowest BCUT2D eigenvalue weighted by molar-refractivity contribution is 0.598. The lowest BCUT2D eigenvalue weighted by atomic mass is 10.3. The number of primary sulfonamides is 1. The number of halogens is 1. The first-order valence-corrected chi connectivity index (χ1v) is 5.71. The maximum atomic E-state index is 12.6. The topological polar surface area (TPSA) is 102 Å². The lowest BCUT2D eigenvalue weighted by Crippen LogP contribution is -2.12. The van der Waals surface area contributed by atoms with Crippen LogP contribution in [-0.4, -0.2) is 23.6 Å². The molecule has 8 heteroatoms. The zero-order chi connectivity index (χ0) is 11.8. The van der Waals surface area contributed by atoms with Crippen LogP contribution in [0.1, 0.15) is 0 Å². The van der Waals surface area contributed by atoms with Crippen molar-refractivity contribution >= 4 is 10.0 Å². The van der Waals surface area contributed by atoms with E-state index in [9.17, 15) is 12.8 Å². The van der Waals surface area contributed by atoms with Gasteiger partial charge in [0.05, 0.1) is 18.1 Å². The molecule has 0 spiro atoms. The highest BCUT2D eigenvalue weighted by atomic mass is 32.2. The molecule has 2 aromatic rings. The number of aromatic nitrogens is 3. The molecule has 3 N–H and O–H groups in total. The largest absolute Gasteiger partial charge is 0.275 e. The van der Waals surface area contributed by atoms with E-state index in [2.05, 4.69) is 15.2 Å². The minimum Gasteiger partial charge on any atom is -0.275 e. The lowest BCUT2D eigenvalue weighted by Gasteiger charge is -1.99. The van der Waals surface area contributed by atoms with Gasteiger partial charge >= 0.3 is 0 Å². The molecule has 2 rings (SSSR count). The van der Waals surface area contributed by atoms with E-state index in [-0.39, 0.29) is 16.3 Å². The van der Waals surface area contributed by atoms with Crippen LogP contribution in [0.25, 0.3) is 11.4 Å². The quantitative estimate of drug-likeness (QED) is 0.788. The summed E-state index contributed by atoms with van der Waals surface area (Å²) in [5.74, 6) is -0.513. The van der Waals surface area contributed by atoms with Gasteiger partial charge in [-0.25, -0.2) is 17.9 Å². The van der Waals surface area contributed by atoms with Crippen LogP contribution in [0.4, 0.5) is 4.39 Å². The van der Waals surface area contributed by atoms with Crippen molar-refractivity contribution in [1.82, 2.24) is 15.2 Å². The molecule has 2 heterocycles. The number of hydrogen-bond donors (Lipinski definition) is 2. The molecular formula is C8H7FN4O2S. The highest BCUT2D eigenvalue weighted by molar-refractivity contribution is 7.89. The van der Waals surface area contributed by atoms with Crippen molar-refractivity contribution in [3.8, 4) is 11.4 Å². The maximum absolute atomic E-state index is 12.6. The Labute approximate surface area is 90.4 Å². The van der Waals surface area contributed by atoms with E-state index in [0.29, 0.717) is 0 Å². The third kappa shape index (κ3) is 1.92. The Hall–Kier alpha value is -1.80. The summed E-state index contributed by atoms with van der Waals surface area (Å²) in [4.78, 5) is 3.55. The molecule has 6 nitrogen and oxygen atoms in total. The summed E-state index contributed by atoms with van der Waals surface area (Å²) in [5.41, 5.74) is 0.394. The van der Waals surface area contributed by atoms with Gasteiger partial charge in [-0.3, -0.25) is 10.1 Å². The summed E-state index contributed by atoms with van der Waals surface area (Å²) in [6, 6.07) is 2.49. The molecular weight excluding hydrogens is 235 g/mol. The van der Waals surface area contributed by atoms with Gasteiger partial charge in [-0.2, -0.15) is 5.10 Å². The average molecular weight is 242 g/mol. The van der Waals surface area contributed by atoms with E-state index in [1.165, 1.54) is 6.07 Å². The Morgan fingerprint density at radius 1 is 1.31 bits per heavy atom. The van der Waals surface area contributed by atoms with Crippen LogP contribution in [0.2, 0.25) is 0 Å². The Morgan fingerprint density at radius 2 is 2.06 bits per heavy atom. The van der Waals surface area contributed by atoms with Gasteiger partial charge in [0, 0.05) is 0 Å². The van der Waals surface area contributed by atoms with E-state index >= 15 is 0 Å². The van der Waals surface area contributed by atoms with Gasteiger partial charge in [0.2, 0.25) is 10.0 Å². The zero-order valence-electron chi connectivity index (χ0n) is 7.88. The molecule has 0 aliphatic heterocycles. The second-order valence-corrected chi connectivity index (χ2v) is 4.55. The summed E-state index contributed by atoms with van der Waals surface area (Å²) in [6.07, 6.45) is 2.05. The molecule has 0 atom stereocenters.